The maximum atomic E-state index is 12.1. The zero-order valence-corrected chi connectivity index (χ0v) is 14.0. The number of carbonyl (C=O) groups excluding carboxylic acids is 2. The van der Waals surface area contributed by atoms with Crippen LogP contribution in [0.2, 0.25) is 0 Å². The van der Waals surface area contributed by atoms with E-state index in [1.807, 2.05) is 24.3 Å². The molecule has 0 spiro atoms. The molecule has 0 aliphatic carbocycles. The van der Waals surface area contributed by atoms with Gasteiger partial charge in [0.25, 0.3) is 5.91 Å². The second-order valence-corrected chi connectivity index (χ2v) is 5.38. The molecular weight excluding hydrogens is 304 g/mol. The molecule has 2 amide bonds. The maximum absolute atomic E-state index is 12.1. The summed E-state index contributed by atoms with van der Waals surface area (Å²) in [6.07, 6.45) is 2.10. The Labute approximate surface area is 142 Å². The Kier molecular flexibility index (Phi) is 6.37. The monoisotopic (exact) mass is 326 g/mol. The van der Waals surface area contributed by atoms with Crippen molar-refractivity contribution in [2.75, 3.05) is 19.0 Å². The number of benzene rings is 2. The molecule has 24 heavy (non-hydrogen) atoms. The van der Waals surface area contributed by atoms with Crippen LogP contribution >= 0.6 is 0 Å². The predicted molar refractivity (Wildman–Crippen MR) is 94.4 cm³/mol. The standard InChI is InChI=1S/C19H22N2O3/c1-3-6-14-9-11-15(12-10-14)21-18(22)13-20-19(23)16-7-4-5-8-17(16)24-2/h4-5,7-12H,3,6,13H2,1-2H3,(H,20,23)(H,21,22). The van der Waals surface area contributed by atoms with E-state index in [0.29, 0.717) is 17.0 Å². The van der Waals surface area contributed by atoms with Crippen LogP contribution in [0.1, 0.15) is 29.3 Å². The van der Waals surface area contributed by atoms with Gasteiger partial charge >= 0.3 is 0 Å². The zero-order valence-electron chi connectivity index (χ0n) is 14.0. The highest BCUT2D eigenvalue weighted by molar-refractivity contribution is 6.00. The van der Waals surface area contributed by atoms with Crippen LogP contribution in [0.4, 0.5) is 5.69 Å². The van der Waals surface area contributed by atoms with Crippen LogP contribution in [0.3, 0.4) is 0 Å². The van der Waals surface area contributed by atoms with Gasteiger partial charge < -0.3 is 15.4 Å². The third-order valence-corrected chi connectivity index (χ3v) is 3.54. The number of hydrogen-bond acceptors (Lipinski definition) is 3. The van der Waals surface area contributed by atoms with E-state index in [2.05, 4.69) is 17.6 Å². The Morgan fingerprint density at radius 2 is 1.75 bits per heavy atom. The molecule has 0 aliphatic heterocycles. The molecule has 5 heteroatoms. The third-order valence-electron chi connectivity index (χ3n) is 3.54. The van der Waals surface area contributed by atoms with Crippen molar-refractivity contribution in [2.45, 2.75) is 19.8 Å². The molecule has 0 heterocycles. The minimum atomic E-state index is -0.346. The van der Waals surface area contributed by atoms with Crippen molar-refractivity contribution in [3.63, 3.8) is 0 Å². The van der Waals surface area contributed by atoms with E-state index in [9.17, 15) is 9.59 Å². The van der Waals surface area contributed by atoms with Crippen molar-refractivity contribution in [2.24, 2.45) is 0 Å². The van der Waals surface area contributed by atoms with Crippen LogP contribution in [-0.2, 0) is 11.2 Å². The topological polar surface area (TPSA) is 67.4 Å². The van der Waals surface area contributed by atoms with Gasteiger partial charge in [-0.05, 0) is 36.2 Å². The van der Waals surface area contributed by atoms with Gasteiger partial charge in [-0.2, -0.15) is 0 Å². The molecule has 0 saturated carbocycles. The van der Waals surface area contributed by atoms with Gasteiger partial charge in [-0.25, -0.2) is 0 Å². The largest absolute Gasteiger partial charge is 0.496 e. The minimum absolute atomic E-state index is 0.104. The summed E-state index contributed by atoms with van der Waals surface area (Å²) in [7, 11) is 1.50. The Balaban J connectivity index is 1.87. The molecule has 2 aromatic rings. The predicted octanol–water partition coefficient (Wildman–Crippen LogP) is 3.02. The Bertz CT molecular complexity index is 696. The van der Waals surface area contributed by atoms with Crippen LogP contribution in [0, 0.1) is 0 Å². The molecule has 5 nitrogen and oxygen atoms in total. The quantitative estimate of drug-likeness (QED) is 0.822. The van der Waals surface area contributed by atoms with Gasteiger partial charge in [0.1, 0.15) is 5.75 Å². The molecular formula is C19H22N2O3. The lowest BCUT2D eigenvalue weighted by Crippen LogP contribution is -2.33. The number of carbonyl (C=O) groups is 2. The first-order chi connectivity index (χ1) is 11.6. The highest BCUT2D eigenvalue weighted by atomic mass is 16.5. The molecule has 126 valence electrons. The number of methoxy groups -OCH3 is 1. The fourth-order valence-electron chi connectivity index (χ4n) is 2.34. The van der Waals surface area contributed by atoms with Crippen molar-refractivity contribution in [3.05, 3.63) is 59.7 Å². The fourth-order valence-corrected chi connectivity index (χ4v) is 2.34. The summed E-state index contributed by atoms with van der Waals surface area (Å²) in [5.41, 5.74) is 2.35. The summed E-state index contributed by atoms with van der Waals surface area (Å²) in [5.74, 6) is -0.149. The first-order valence-corrected chi connectivity index (χ1v) is 7.94. The van der Waals surface area contributed by atoms with Crippen LogP contribution in [-0.4, -0.2) is 25.5 Å². The number of nitrogens with one attached hydrogen (secondary N) is 2. The molecule has 0 radical (unpaired) electrons. The second-order valence-electron chi connectivity index (χ2n) is 5.38. The van der Waals surface area contributed by atoms with Gasteiger partial charge in [-0.15, -0.1) is 0 Å². The van der Waals surface area contributed by atoms with Gasteiger partial charge in [0, 0.05) is 5.69 Å². The van der Waals surface area contributed by atoms with Gasteiger partial charge in [-0.3, -0.25) is 9.59 Å². The molecule has 0 bridgehead atoms. The zero-order chi connectivity index (χ0) is 17.4. The van der Waals surface area contributed by atoms with Crippen LogP contribution in [0.5, 0.6) is 5.75 Å². The molecule has 0 fully saturated rings. The molecule has 2 rings (SSSR count). The van der Waals surface area contributed by atoms with Crippen LogP contribution < -0.4 is 15.4 Å². The lowest BCUT2D eigenvalue weighted by Gasteiger charge is -2.10. The molecule has 0 aromatic heterocycles. The van der Waals surface area contributed by atoms with E-state index >= 15 is 0 Å². The molecule has 0 unspecified atom stereocenters. The van der Waals surface area contributed by atoms with Crippen LogP contribution in [0.25, 0.3) is 0 Å². The van der Waals surface area contributed by atoms with Gasteiger partial charge in [-0.1, -0.05) is 37.6 Å². The number of hydrogen-bond donors (Lipinski definition) is 2. The maximum Gasteiger partial charge on any atom is 0.255 e. The summed E-state index contributed by atoms with van der Waals surface area (Å²) < 4.78 is 5.14. The number of ether oxygens (including phenoxy) is 1. The fraction of sp³-hybridized carbons (Fsp3) is 0.263. The van der Waals surface area contributed by atoms with E-state index in [1.165, 1.54) is 12.7 Å². The minimum Gasteiger partial charge on any atom is -0.496 e. The van der Waals surface area contributed by atoms with Crippen molar-refractivity contribution in [1.29, 1.82) is 0 Å². The SMILES string of the molecule is CCCc1ccc(NC(=O)CNC(=O)c2ccccc2OC)cc1. The van der Waals surface area contributed by atoms with Crippen molar-refractivity contribution < 1.29 is 14.3 Å². The lowest BCUT2D eigenvalue weighted by molar-refractivity contribution is -0.115. The van der Waals surface area contributed by atoms with E-state index < -0.39 is 0 Å². The Morgan fingerprint density at radius 3 is 2.42 bits per heavy atom. The smallest absolute Gasteiger partial charge is 0.255 e. The Hall–Kier alpha value is -2.82. The number of aryl methyl sites for hydroxylation is 1. The van der Waals surface area contributed by atoms with Gasteiger partial charge in [0.2, 0.25) is 5.91 Å². The molecule has 2 aromatic carbocycles. The van der Waals surface area contributed by atoms with E-state index in [0.717, 1.165) is 12.8 Å². The summed E-state index contributed by atoms with van der Waals surface area (Å²) in [6.45, 7) is 2.02. The second kappa shape index (κ2) is 8.72. The molecule has 0 saturated heterocycles. The van der Waals surface area contributed by atoms with Crippen molar-refractivity contribution >= 4 is 17.5 Å². The normalized spacial score (nSPS) is 10.1. The van der Waals surface area contributed by atoms with Crippen molar-refractivity contribution in [1.82, 2.24) is 5.32 Å². The van der Waals surface area contributed by atoms with E-state index in [-0.39, 0.29) is 18.4 Å². The summed E-state index contributed by atoms with van der Waals surface area (Å²) in [5, 5.41) is 5.36. The number of para-hydroxylation sites is 1. The highest BCUT2D eigenvalue weighted by Gasteiger charge is 2.12. The summed E-state index contributed by atoms with van der Waals surface area (Å²) >= 11 is 0. The van der Waals surface area contributed by atoms with Gasteiger partial charge in [0.15, 0.2) is 0 Å². The number of amides is 2. The first-order valence-electron chi connectivity index (χ1n) is 7.94. The number of rotatable bonds is 7. The number of anilines is 1. The Morgan fingerprint density at radius 1 is 1.04 bits per heavy atom. The average molecular weight is 326 g/mol. The summed E-state index contributed by atoms with van der Waals surface area (Å²) in [4.78, 5) is 24.1. The van der Waals surface area contributed by atoms with E-state index in [1.54, 1.807) is 24.3 Å². The lowest BCUT2D eigenvalue weighted by atomic mass is 10.1. The highest BCUT2D eigenvalue weighted by Crippen LogP contribution is 2.16. The van der Waals surface area contributed by atoms with Crippen LogP contribution in [0.15, 0.2) is 48.5 Å². The first kappa shape index (κ1) is 17.5. The van der Waals surface area contributed by atoms with Gasteiger partial charge in [0.05, 0.1) is 19.2 Å². The molecule has 0 aliphatic rings. The van der Waals surface area contributed by atoms with Crippen molar-refractivity contribution in [3.8, 4) is 5.75 Å². The summed E-state index contributed by atoms with van der Waals surface area (Å²) in [6, 6.07) is 14.6. The van der Waals surface area contributed by atoms with E-state index in [4.69, 9.17) is 4.74 Å². The molecule has 2 N–H and O–H groups in total. The molecule has 0 atom stereocenters. The third kappa shape index (κ3) is 4.84. The average Bonchev–Trinajstić information content (AvgIpc) is 2.61.